The van der Waals surface area contributed by atoms with Crippen molar-refractivity contribution < 1.29 is 9.53 Å². The lowest BCUT2D eigenvalue weighted by molar-refractivity contribution is -0.142. The van der Waals surface area contributed by atoms with Gasteiger partial charge in [0, 0.05) is 0 Å². The molecule has 0 spiro atoms. The highest BCUT2D eigenvalue weighted by atomic mass is 79.9. The highest BCUT2D eigenvalue weighted by molar-refractivity contribution is 9.10. The zero-order chi connectivity index (χ0) is 12.1. The molecule has 0 saturated heterocycles. The number of aryl methyl sites for hydroxylation is 2. The Kier molecular flexibility index (Phi) is 5.00. The molecule has 0 N–H and O–H groups in total. The molecular formula is C13H17BrO2. The highest BCUT2D eigenvalue weighted by Gasteiger charge is 2.16. The first kappa shape index (κ1) is 13.2. The van der Waals surface area contributed by atoms with Crippen LogP contribution in [0.4, 0.5) is 0 Å². The number of esters is 1. The summed E-state index contributed by atoms with van der Waals surface area (Å²) < 4.78 is 4.94. The van der Waals surface area contributed by atoms with Crippen LogP contribution in [0.25, 0.3) is 0 Å². The van der Waals surface area contributed by atoms with Crippen molar-refractivity contribution >= 4 is 21.9 Å². The predicted molar refractivity (Wildman–Crippen MR) is 69.0 cm³/mol. The Labute approximate surface area is 105 Å². The minimum absolute atomic E-state index is 0.194. The van der Waals surface area contributed by atoms with E-state index < -0.39 is 0 Å². The Bertz CT molecular complexity index is 374. The number of hydrogen-bond donors (Lipinski definition) is 0. The van der Waals surface area contributed by atoms with Gasteiger partial charge in [-0.15, -0.1) is 0 Å². The average Bonchev–Trinajstić information content (AvgIpc) is 2.24. The molecule has 3 heteroatoms. The maximum atomic E-state index is 11.4. The smallest absolute Gasteiger partial charge is 0.320 e. The summed E-state index contributed by atoms with van der Waals surface area (Å²) in [5.74, 6) is -0.194. The molecular weight excluding hydrogens is 268 g/mol. The largest absolute Gasteiger partial charge is 0.465 e. The third-order valence-corrected chi connectivity index (χ3v) is 3.23. The van der Waals surface area contributed by atoms with E-state index in [0.717, 1.165) is 5.56 Å². The van der Waals surface area contributed by atoms with Crippen molar-refractivity contribution in [1.29, 1.82) is 0 Å². The average molecular weight is 285 g/mol. The van der Waals surface area contributed by atoms with Gasteiger partial charge in [-0.1, -0.05) is 34.1 Å². The van der Waals surface area contributed by atoms with Gasteiger partial charge < -0.3 is 4.74 Å². The van der Waals surface area contributed by atoms with Crippen LogP contribution in [0.2, 0.25) is 0 Å². The SMILES string of the molecule is CCOC(=O)C(Br)Cc1ccc(C)c(C)c1. The maximum absolute atomic E-state index is 11.4. The number of hydrogen-bond acceptors (Lipinski definition) is 2. The Hall–Kier alpha value is -0.830. The van der Waals surface area contributed by atoms with Crippen LogP contribution in [0.1, 0.15) is 23.6 Å². The molecule has 1 aromatic rings. The van der Waals surface area contributed by atoms with Crippen molar-refractivity contribution in [3.05, 3.63) is 34.9 Å². The van der Waals surface area contributed by atoms with Gasteiger partial charge in [0.05, 0.1) is 6.61 Å². The fourth-order valence-corrected chi connectivity index (χ4v) is 1.96. The van der Waals surface area contributed by atoms with Crippen molar-refractivity contribution in [3.8, 4) is 0 Å². The van der Waals surface area contributed by atoms with Crippen LogP contribution in [-0.2, 0) is 16.0 Å². The molecule has 88 valence electrons. The quantitative estimate of drug-likeness (QED) is 0.627. The first-order chi connectivity index (χ1) is 7.54. The van der Waals surface area contributed by atoms with Gasteiger partial charge in [-0.25, -0.2) is 0 Å². The summed E-state index contributed by atoms with van der Waals surface area (Å²) in [6.45, 7) is 6.39. The molecule has 0 amide bonds. The van der Waals surface area contributed by atoms with Gasteiger partial charge in [-0.3, -0.25) is 4.79 Å². The second-order valence-corrected chi connectivity index (χ2v) is 4.95. The standard InChI is InChI=1S/C13H17BrO2/c1-4-16-13(15)12(14)8-11-6-5-9(2)10(3)7-11/h5-7,12H,4,8H2,1-3H3. The molecule has 0 saturated carbocycles. The summed E-state index contributed by atoms with van der Waals surface area (Å²) in [5.41, 5.74) is 3.67. The molecule has 0 aliphatic rings. The fourth-order valence-electron chi connectivity index (χ4n) is 1.45. The number of rotatable bonds is 4. The molecule has 2 nitrogen and oxygen atoms in total. The van der Waals surface area contributed by atoms with Crippen LogP contribution in [0, 0.1) is 13.8 Å². The minimum atomic E-state index is -0.255. The maximum Gasteiger partial charge on any atom is 0.320 e. The molecule has 0 aliphatic heterocycles. The predicted octanol–water partition coefficient (Wildman–Crippen LogP) is 3.17. The summed E-state index contributed by atoms with van der Waals surface area (Å²) in [6, 6.07) is 6.24. The molecule has 16 heavy (non-hydrogen) atoms. The summed E-state index contributed by atoms with van der Waals surface area (Å²) in [4.78, 5) is 11.2. The third kappa shape index (κ3) is 3.63. The van der Waals surface area contributed by atoms with Gasteiger partial charge in [0.15, 0.2) is 0 Å². The van der Waals surface area contributed by atoms with Crippen LogP contribution in [0.5, 0.6) is 0 Å². The molecule has 1 rings (SSSR count). The molecule has 0 fully saturated rings. The molecule has 1 unspecified atom stereocenters. The zero-order valence-corrected chi connectivity index (χ0v) is 11.5. The van der Waals surface area contributed by atoms with Crippen LogP contribution in [-0.4, -0.2) is 17.4 Å². The van der Waals surface area contributed by atoms with E-state index in [9.17, 15) is 4.79 Å². The third-order valence-electron chi connectivity index (χ3n) is 2.53. The lowest BCUT2D eigenvalue weighted by Gasteiger charge is -2.10. The molecule has 1 atom stereocenters. The van der Waals surface area contributed by atoms with Crippen LogP contribution >= 0.6 is 15.9 Å². The van der Waals surface area contributed by atoms with E-state index in [4.69, 9.17) is 4.74 Å². The normalized spacial score (nSPS) is 12.2. The Morgan fingerprint density at radius 2 is 2.06 bits per heavy atom. The van der Waals surface area contributed by atoms with E-state index >= 15 is 0 Å². The summed E-state index contributed by atoms with van der Waals surface area (Å²) >= 11 is 3.35. The second-order valence-electron chi connectivity index (χ2n) is 3.84. The van der Waals surface area contributed by atoms with Gasteiger partial charge in [-0.05, 0) is 43.9 Å². The number of ether oxygens (including phenoxy) is 1. The number of carbonyl (C=O) groups is 1. The first-order valence-corrected chi connectivity index (χ1v) is 6.33. The van der Waals surface area contributed by atoms with Gasteiger partial charge in [0.1, 0.15) is 4.83 Å². The molecule has 0 aromatic heterocycles. The molecule has 0 aliphatic carbocycles. The van der Waals surface area contributed by atoms with Crippen LogP contribution < -0.4 is 0 Å². The Morgan fingerprint density at radius 1 is 1.38 bits per heavy atom. The van der Waals surface area contributed by atoms with Crippen LogP contribution in [0.3, 0.4) is 0 Å². The second kappa shape index (κ2) is 6.04. The number of carbonyl (C=O) groups excluding carboxylic acids is 1. The van der Waals surface area contributed by atoms with Crippen molar-refractivity contribution in [2.45, 2.75) is 32.0 Å². The van der Waals surface area contributed by atoms with Crippen molar-refractivity contribution in [2.24, 2.45) is 0 Å². The number of benzene rings is 1. The lowest BCUT2D eigenvalue weighted by Crippen LogP contribution is -2.19. The molecule has 1 aromatic carbocycles. The summed E-state index contributed by atoms with van der Waals surface area (Å²) in [5, 5.41) is 0. The molecule has 0 bridgehead atoms. The summed E-state index contributed by atoms with van der Waals surface area (Å²) in [7, 11) is 0. The minimum Gasteiger partial charge on any atom is -0.465 e. The van der Waals surface area contributed by atoms with E-state index in [1.807, 2.05) is 6.92 Å². The van der Waals surface area contributed by atoms with Gasteiger partial charge >= 0.3 is 5.97 Å². The fraction of sp³-hybridized carbons (Fsp3) is 0.462. The van der Waals surface area contributed by atoms with Gasteiger partial charge in [0.2, 0.25) is 0 Å². The number of alkyl halides is 1. The van der Waals surface area contributed by atoms with E-state index in [1.165, 1.54) is 11.1 Å². The number of halogens is 1. The molecule has 0 radical (unpaired) electrons. The van der Waals surface area contributed by atoms with Gasteiger partial charge in [0.25, 0.3) is 0 Å². The van der Waals surface area contributed by atoms with Crippen molar-refractivity contribution in [2.75, 3.05) is 6.61 Å². The van der Waals surface area contributed by atoms with Crippen LogP contribution in [0.15, 0.2) is 18.2 Å². The highest BCUT2D eigenvalue weighted by Crippen LogP contribution is 2.15. The molecule has 0 heterocycles. The zero-order valence-electron chi connectivity index (χ0n) is 9.92. The topological polar surface area (TPSA) is 26.3 Å². The van der Waals surface area contributed by atoms with Crippen molar-refractivity contribution in [1.82, 2.24) is 0 Å². The van der Waals surface area contributed by atoms with E-state index in [-0.39, 0.29) is 10.8 Å². The first-order valence-electron chi connectivity index (χ1n) is 5.41. The van der Waals surface area contributed by atoms with Crippen molar-refractivity contribution in [3.63, 3.8) is 0 Å². The lowest BCUT2D eigenvalue weighted by atomic mass is 10.0. The Morgan fingerprint density at radius 3 is 2.62 bits per heavy atom. The van der Waals surface area contributed by atoms with Gasteiger partial charge in [-0.2, -0.15) is 0 Å². The van der Waals surface area contributed by atoms with E-state index in [2.05, 4.69) is 48.0 Å². The Balaban J connectivity index is 2.66. The monoisotopic (exact) mass is 284 g/mol. The summed E-state index contributed by atoms with van der Waals surface area (Å²) in [6.07, 6.45) is 0.667. The van der Waals surface area contributed by atoms with E-state index in [0.29, 0.717) is 13.0 Å². The van der Waals surface area contributed by atoms with E-state index in [1.54, 1.807) is 0 Å².